The first-order valence-corrected chi connectivity index (χ1v) is 6.54. The molecular formula is C13H12N2O3S. The monoisotopic (exact) mass is 276 g/mol. The molecule has 0 aliphatic carbocycles. The molecule has 0 saturated heterocycles. The molecule has 0 aromatic carbocycles. The largest absolute Gasteiger partial charge is 0.395 e. The Balaban J connectivity index is 2.16. The normalized spacial score (nSPS) is 9.95. The summed E-state index contributed by atoms with van der Waals surface area (Å²) in [6.07, 6.45) is 0.441. The lowest BCUT2D eigenvalue weighted by atomic mass is 10.3. The number of aromatic nitrogens is 2. The molecule has 0 amide bonds. The number of nitrogens with one attached hydrogen (secondary N) is 1. The van der Waals surface area contributed by atoms with Gasteiger partial charge in [-0.05, 0) is 6.07 Å². The summed E-state index contributed by atoms with van der Waals surface area (Å²) in [6, 6.07) is 4.32. The van der Waals surface area contributed by atoms with Gasteiger partial charge in [-0.1, -0.05) is 11.8 Å². The van der Waals surface area contributed by atoms with Crippen molar-refractivity contribution < 1.29 is 5.11 Å². The molecule has 0 aliphatic heterocycles. The number of aliphatic hydroxyl groups is 1. The second-order valence-corrected chi connectivity index (χ2v) is 4.81. The number of hydrogen-bond donors (Lipinski definition) is 2. The molecule has 0 bridgehead atoms. The van der Waals surface area contributed by atoms with Crippen LogP contribution in [-0.2, 0) is 6.54 Å². The zero-order valence-corrected chi connectivity index (χ0v) is 10.9. The van der Waals surface area contributed by atoms with Crippen LogP contribution >= 0.6 is 11.3 Å². The van der Waals surface area contributed by atoms with Crippen molar-refractivity contribution in [1.29, 1.82) is 0 Å². The topological polar surface area (TPSA) is 75.1 Å². The molecule has 98 valence electrons. The fraction of sp³-hybridized carbons (Fsp3) is 0.231. The Morgan fingerprint density at radius 3 is 3.00 bits per heavy atom. The van der Waals surface area contributed by atoms with Crippen molar-refractivity contribution in [3.05, 3.63) is 54.7 Å². The van der Waals surface area contributed by atoms with Gasteiger partial charge in [-0.25, -0.2) is 4.68 Å². The Bertz CT molecular complexity index is 730. The molecule has 2 N–H and O–H groups in total. The van der Waals surface area contributed by atoms with E-state index in [2.05, 4.69) is 16.9 Å². The summed E-state index contributed by atoms with van der Waals surface area (Å²) in [5.41, 5.74) is 0.291. The lowest BCUT2D eigenvalue weighted by molar-refractivity contribution is 0.305. The first-order valence-electron chi connectivity index (χ1n) is 5.66. The highest BCUT2D eigenvalue weighted by Gasteiger charge is 2.01. The van der Waals surface area contributed by atoms with E-state index in [-0.39, 0.29) is 17.7 Å². The van der Waals surface area contributed by atoms with Crippen LogP contribution in [0.5, 0.6) is 0 Å². The van der Waals surface area contributed by atoms with Crippen LogP contribution in [0.4, 0.5) is 0 Å². The average Bonchev–Trinajstić information content (AvgIpc) is 2.82. The Hall–Kier alpha value is -2.10. The molecule has 0 aliphatic rings. The van der Waals surface area contributed by atoms with Gasteiger partial charge in [-0.15, -0.1) is 11.3 Å². The molecule has 0 radical (unpaired) electrons. The first kappa shape index (κ1) is 13.3. The maximum absolute atomic E-state index is 11.5. The van der Waals surface area contributed by atoms with E-state index < -0.39 is 0 Å². The summed E-state index contributed by atoms with van der Waals surface area (Å²) in [5.74, 6) is 5.75. The predicted molar refractivity (Wildman–Crippen MR) is 73.3 cm³/mol. The van der Waals surface area contributed by atoms with Crippen molar-refractivity contribution in [3.63, 3.8) is 0 Å². The number of nitrogens with zero attached hydrogens (tertiary/aromatic N) is 1. The molecule has 0 saturated carbocycles. The maximum Gasteiger partial charge on any atom is 0.265 e. The molecule has 2 rings (SSSR count). The van der Waals surface area contributed by atoms with E-state index in [1.807, 2.05) is 11.4 Å². The van der Waals surface area contributed by atoms with Gasteiger partial charge in [0.05, 0.1) is 13.2 Å². The Morgan fingerprint density at radius 1 is 1.37 bits per heavy atom. The predicted octanol–water partition coefficient (Wildman–Crippen LogP) is 0.380. The fourth-order valence-corrected chi connectivity index (χ4v) is 2.29. The van der Waals surface area contributed by atoms with Gasteiger partial charge in [0.25, 0.3) is 11.1 Å². The van der Waals surface area contributed by atoms with Crippen LogP contribution in [-0.4, -0.2) is 21.5 Å². The molecular weight excluding hydrogens is 264 g/mol. The number of H-pyrrole nitrogens is 1. The molecule has 2 aromatic heterocycles. The highest BCUT2D eigenvalue weighted by molar-refractivity contribution is 7.10. The van der Waals surface area contributed by atoms with Gasteiger partial charge in [-0.3, -0.25) is 14.7 Å². The second-order valence-electron chi connectivity index (χ2n) is 3.81. The molecule has 0 fully saturated rings. The molecule has 0 spiro atoms. The molecule has 0 atom stereocenters. The van der Waals surface area contributed by atoms with E-state index in [0.29, 0.717) is 13.0 Å². The van der Waals surface area contributed by atoms with Gasteiger partial charge in [0.15, 0.2) is 0 Å². The summed E-state index contributed by atoms with van der Waals surface area (Å²) >= 11 is 1.47. The van der Waals surface area contributed by atoms with Gasteiger partial charge >= 0.3 is 0 Å². The van der Waals surface area contributed by atoms with E-state index in [1.54, 1.807) is 0 Å². The summed E-state index contributed by atoms with van der Waals surface area (Å²) < 4.78 is 1.26. The van der Waals surface area contributed by atoms with Crippen LogP contribution in [0.15, 0.2) is 33.2 Å². The molecule has 2 heterocycles. The standard InChI is InChI=1S/C13H12N2O3S/c16-6-2-1-3-10-7-11(19-9-10)8-15-13(18)5-4-12(17)14-15/h4-5,7,9,16H,2,6,8H2,(H,14,17). The SMILES string of the molecule is O=c1ccc(=O)n(Cc2cc(C#CCCO)cs2)[nH]1. The summed E-state index contributed by atoms with van der Waals surface area (Å²) in [7, 11) is 0. The third-order valence-electron chi connectivity index (χ3n) is 2.33. The Morgan fingerprint density at radius 2 is 2.21 bits per heavy atom. The van der Waals surface area contributed by atoms with E-state index in [0.717, 1.165) is 10.4 Å². The number of hydrogen-bond acceptors (Lipinski definition) is 4. The molecule has 2 aromatic rings. The molecule has 5 nitrogen and oxygen atoms in total. The smallest absolute Gasteiger partial charge is 0.265 e. The van der Waals surface area contributed by atoms with Crippen LogP contribution in [0.2, 0.25) is 0 Å². The highest BCUT2D eigenvalue weighted by Crippen LogP contribution is 2.14. The second kappa shape index (κ2) is 6.18. The van der Waals surface area contributed by atoms with Gasteiger partial charge in [0.2, 0.25) is 0 Å². The summed E-state index contributed by atoms with van der Waals surface area (Å²) in [4.78, 5) is 23.6. The number of rotatable bonds is 3. The highest BCUT2D eigenvalue weighted by atomic mass is 32.1. The van der Waals surface area contributed by atoms with Crippen LogP contribution in [0.3, 0.4) is 0 Å². The lowest BCUT2D eigenvalue weighted by Gasteiger charge is -2.01. The van der Waals surface area contributed by atoms with Crippen LogP contribution in [0.1, 0.15) is 16.9 Å². The Kier molecular flexibility index (Phi) is 4.34. The van der Waals surface area contributed by atoms with Crippen molar-refractivity contribution in [2.45, 2.75) is 13.0 Å². The van der Waals surface area contributed by atoms with Crippen LogP contribution in [0.25, 0.3) is 0 Å². The van der Waals surface area contributed by atoms with E-state index in [9.17, 15) is 9.59 Å². The first-order chi connectivity index (χ1) is 9.19. The van der Waals surface area contributed by atoms with Gasteiger partial charge in [0.1, 0.15) is 0 Å². The quantitative estimate of drug-likeness (QED) is 0.796. The minimum Gasteiger partial charge on any atom is -0.395 e. The van der Waals surface area contributed by atoms with Gasteiger partial charge in [0, 0.05) is 34.4 Å². The third-order valence-corrected chi connectivity index (χ3v) is 3.25. The minimum absolute atomic E-state index is 0.0463. The van der Waals surface area contributed by atoms with Crippen molar-refractivity contribution in [2.24, 2.45) is 0 Å². The third kappa shape index (κ3) is 3.68. The fourth-order valence-electron chi connectivity index (χ4n) is 1.49. The van der Waals surface area contributed by atoms with Crippen LogP contribution < -0.4 is 11.1 Å². The summed E-state index contributed by atoms with van der Waals surface area (Å²) in [6.45, 7) is 0.367. The number of aliphatic hydroxyl groups excluding tert-OH is 1. The van der Waals surface area contributed by atoms with Crippen molar-refractivity contribution in [3.8, 4) is 11.8 Å². The molecule has 0 unspecified atom stereocenters. The van der Waals surface area contributed by atoms with Crippen molar-refractivity contribution >= 4 is 11.3 Å². The summed E-state index contributed by atoms with van der Waals surface area (Å²) in [5, 5.41) is 13.0. The Labute approximate surface area is 113 Å². The van der Waals surface area contributed by atoms with Crippen LogP contribution in [0, 0.1) is 11.8 Å². The molecule has 6 heteroatoms. The number of thiophene rings is 1. The maximum atomic E-state index is 11.5. The molecule has 19 heavy (non-hydrogen) atoms. The van der Waals surface area contributed by atoms with E-state index in [1.165, 1.54) is 28.2 Å². The van der Waals surface area contributed by atoms with Crippen molar-refractivity contribution in [2.75, 3.05) is 6.61 Å². The van der Waals surface area contributed by atoms with Crippen molar-refractivity contribution in [1.82, 2.24) is 9.78 Å². The number of aromatic amines is 1. The lowest BCUT2D eigenvalue weighted by Crippen LogP contribution is -2.28. The van der Waals surface area contributed by atoms with Gasteiger partial charge < -0.3 is 5.11 Å². The minimum atomic E-state index is -0.306. The zero-order valence-electron chi connectivity index (χ0n) is 10.0. The average molecular weight is 276 g/mol. The van der Waals surface area contributed by atoms with Gasteiger partial charge in [-0.2, -0.15) is 0 Å². The van der Waals surface area contributed by atoms with E-state index >= 15 is 0 Å². The van der Waals surface area contributed by atoms with E-state index in [4.69, 9.17) is 5.11 Å². The zero-order chi connectivity index (χ0) is 13.7.